The first-order chi connectivity index (χ1) is 6.66. The maximum Gasteiger partial charge on any atom is 0.306 e. The third kappa shape index (κ3) is 1.65. The highest BCUT2D eigenvalue weighted by molar-refractivity contribution is 5.71. The molecular formula is C12H14O2. The van der Waals surface area contributed by atoms with Gasteiger partial charge in [0.1, 0.15) is 0 Å². The van der Waals surface area contributed by atoms with Crippen molar-refractivity contribution in [2.75, 3.05) is 0 Å². The van der Waals surface area contributed by atoms with Crippen LogP contribution in [0.2, 0.25) is 0 Å². The number of fused-ring (bicyclic) bond motifs is 1. The Hall–Kier alpha value is -1.31. The number of rotatable bonds is 1. The number of aryl methyl sites for hydroxylation is 2. The molecule has 0 aliphatic heterocycles. The predicted octanol–water partition coefficient (Wildman–Crippen LogP) is 2.18. The van der Waals surface area contributed by atoms with E-state index in [4.69, 9.17) is 5.11 Å². The summed E-state index contributed by atoms with van der Waals surface area (Å²) >= 11 is 0. The molecule has 1 aromatic rings. The molecule has 0 aromatic heterocycles. The van der Waals surface area contributed by atoms with E-state index in [1.807, 2.05) is 0 Å². The zero-order valence-corrected chi connectivity index (χ0v) is 8.29. The van der Waals surface area contributed by atoms with Crippen LogP contribution in [0.25, 0.3) is 0 Å². The van der Waals surface area contributed by atoms with Crippen molar-refractivity contribution in [2.45, 2.75) is 26.2 Å². The van der Waals surface area contributed by atoms with Crippen LogP contribution in [0.5, 0.6) is 0 Å². The monoisotopic (exact) mass is 190 g/mol. The smallest absolute Gasteiger partial charge is 0.306 e. The van der Waals surface area contributed by atoms with Crippen molar-refractivity contribution in [3.8, 4) is 0 Å². The standard InChI is InChI=1S/C12H14O2/c1-8-2-3-10-7-11(12(13)14)5-4-9(10)6-8/h2-3,6,11H,4-5,7H2,1H3,(H,13,14). The van der Waals surface area contributed by atoms with E-state index in [9.17, 15) is 4.79 Å². The van der Waals surface area contributed by atoms with Crippen molar-refractivity contribution < 1.29 is 9.90 Å². The molecule has 1 N–H and O–H groups in total. The fourth-order valence-electron chi connectivity index (χ4n) is 2.09. The molecular weight excluding hydrogens is 176 g/mol. The molecule has 2 nitrogen and oxygen atoms in total. The molecule has 0 spiro atoms. The van der Waals surface area contributed by atoms with Gasteiger partial charge in [-0.15, -0.1) is 0 Å². The first-order valence-electron chi connectivity index (χ1n) is 4.98. The molecule has 0 bridgehead atoms. The third-order valence-corrected chi connectivity index (χ3v) is 2.94. The van der Waals surface area contributed by atoms with E-state index in [1.54, 1.807) is 0 Å². The largest absolute Gasteiger partial charge is 0.481 e. The highest BCUT2D eigenvalue weighted by Gasteiger charge is 2.23. The molecule has 1 unspecified atom stereocenters. The first kappa shape index (κ1) is 9.25. The number of carbonyl (C=O) groups is 1. The lowest BCUT2D eigenvalue weighted by molar-refractivity contribution is -0.142. The zero-order chi connectivity index (χ0) is 10.1. The Labute approximate surface area is 83.6 Å². The van der Waals surface area contributed by atoms with Crippen molar-refractivity contribution in [3.05, 3.63) is 34.9 Å². The molecule has 74 valence electrons. The molecule has 1 atom stereocenters. The van der Waals surface area contributed by atoms with E-state index < -0.39 is 5.97 Å². The number of carboxylic acids is 1. The van der Waals surface area contributed by atoms with E-state index in [-0.39, 0.29) is 5.92 Å². The first-order valence-corrected chi connectivity index (χ1v) is 4.98. The fraction of sp³-hybridized carbons (Fsp3) is 0.417. The summed E-state index contributed by atoms with van der Waals surface area (Å²) in [6.07, 6.45) is 2.39. The number of benzene rings is 1. The average Bonchev–Trinajstić information content (AvgIpc) is 2.16. The number of carboxylic acid groups (broad SMARTS) is 1. The van der Waals surface area contributed by atoms with Crippen LogP contribution >= 0.6 is 0 Å². The van der Waals surface area contributed by atoms with E-state index in [0.717, 1.165) is 12.8 Å². The lowest BCUT2D eigenvalue weighted by Gasteiger charge is -2.21. The van der Waals surface area contributed by atoms with E-state index >= 15 is 0 Å². The molecule has 2 heteroatoms. The summed E-state index contributed by atoms with van der Waals surface area (Å²) in [6, 6.07) is 6.30. The molecule has 0 fully saturated rings. The second-order valence-corrected chi connectivity index (χ2v) is 4.05. The number of aliphatic carboxylic acids is 1. The highest BCUT2D eigenvalue weighted by atomic mass is 16.4. The van der Waals surface area contributed by atoms with Crippen LogP contribution in [0.3, 0.4) is 0 Å². The van der Waals surface area contributed by atoms with Gasteiger partial charge in [-0.05, 0) is 37.3 Å². The lowest BCUT2D eigenvalue weighted by atomic mass is 9.83. The van der Waals surface area contributed by atoms with Gasteiger partial charge in [-0.2, -0.15) is 0 Å². The van der Waals surface area contributed by atoms with E-state index in [0.29, 0.717) is 6.42 Å². The quantitative estimate of drug-likeness (QED) is 0.737. The minimum Gasteiger partial charge on any atom is -0.481 e. The molecule has 1 aliphatic carbocycles. The Morgan fingerprint density at radius 2 is 2.21 bits per heavy atom. The molecule has 1 aromatic carbocycles. The van der Waals surface area contributed by atoms with Crippen LogP contribution in [-0.4, -0.2) is 11.1 Å². The Bertz CT molecular complexity index is 369. The predicted molar refractivity (Wildman–Crippen MR) is 54.3 cm³/mol. The Morgan fingerprint density at radius 3 is 2.93 bits per heavy atom. The topological polar surface area (TPSA) is 37.3 Å². The average molecular weight is 190 g/mol. The van der Waals surface area contributed by atoms with Crippen molar-refractivity contribution in [1.29, 1.82) is 0 Å². The van der Waals surface area contributed by atoms with Gasteiger partial charge < -0.3 is 5.11 Å². The Morgan fingerprint density at radius 1 is 1.43 bits per heavy atom. The van der Waals surface area contributed by atoms with Gasteiger partial charge in [-0.3, -0.25) is 4.79 Å². The summed E-state index contributed by atoms with van der Waals surface area (Å²) in [6.45, 7) is 2.07. The molecule has 0 radical (unpaired) electrons. The van der Waals surface area contributed by atoms with E-state index in [1.165, 1.54) is 16.7 Å². The van der Waals surface area contributed by atoms with Crippen LogP contribution in [0.15, 0.2) is 18.2 Å². The summed E-state index contributed by atoms with van der Waals surface area (Å²) in [5.41, 5.74) is 3.81. The molecule has 1 aliphatic rings. The summed E-state index contributed by atoms with van der Waals surface area (Å²) in [7, 11) is 0. The molecule has 14 heavy (non-hydrogen) atoms. The number of hydrogen-bond donors (Lipinski definition) is 1. The Kier molecular flexibility index (Phi) is 2.28. The third-order valence-electron chi connectivity index (χ3n) is 2.94. The highest BCUT2D eigenvalue weighted by Crippen LogP contribution is 2.26. The van der Waals surface area contributed by atoms with E-state index in [2.05, 4.69) is 25.1 Å². The maximum atomic E-state index is 10.8. The minimum atomic E-state index is -0.656. The van der Waals surface area contributed by atoms with Gasteiger partial charge in [-0.1, -0.05) is 23.8 Å². The van der Waals surface area contributed by atoms with Gasteiger partial charge >= 0.3 is 5.97 Å². The summed E-state index contributed by atoms with van der Waals surface area (Å²) in [5.74, 6) is -0.832. The van der Waals surface area contributed by atoms with Crippen LogP contribution in [0, 0.1) is 12.8 Å². The van der Waals surface area contributed by atoms with Crippen molar-refractivity contribution in [2.24, 2.45) is 5.92 Å². The molecule has 0 saturated carbocycles. The molecule has 0 saturated heterocycles. The van der Waals surface area contributed by atoms with Crippen LogP contribution in [-0.2, 0) is 17.6 Å². The van der Waals surface area contributed by atoms with Crippen molar-refractivity contribution >= 4 is 5.97 Å². The SMILES string of the molecule is Cc1ccc2c(c1)CCC(C(=O)O)C2. The van der Waals surface area contributed by atoms with Crippen molar-refractivity contribution in [3.63, 3.8) is 0 Å². The second kappa shape index (κ2) is 3.45. The minimum absolute atomic E-state index is 0.176. The number of hydrogen-bond acceptors (Lipinski definition) is 1. The van der Waals surface area contributed by atoms with Gasteiger partial charge in [0.15, 0.2) is 0 Å². The van der Waals surface area contributed by atoms with Crippen LogP contribution in [0.1, 0.15) is 23.1 Å². The molecule has 2 rings (SSSR count). The Balaban J connectivity index is 2.27. The maximum absolute atomic E-state index is 10.8. The van der Waals surface area contributed by atoms with Gasteiger partial charge in [0.25, 0.3) is 0 Å². The summed E-state index contributed by atoms with van der Waals surface area (Å²) < 4.78 is 0. The fourth-order valence-corrected chi connectivity index (χ4v) is 2.09. The van der Waals surface area contributed by atoms with Crippen molar-refractivity contribution in [1.82, 2.24) is 0 Å². The summed E-state index contributed by atoms with van der Waals surface area (Å²) in [5, 5.41) is 8.92. The normalized spacial score (nSPS) is 20.2. The summed E-state index contributed by atoms with van der Waals surface area (Å²) in [4.78, 5) is 10.8. The second-order valence-electron chi connectivity index (χ2n) is 4.05. The van der Waals surface area contributed by atoms with Gasteiger partial charge in [0.05, 0.1) is 5.92 Å². The lowest BCUT2D eigenvalue weighted by Crippen LogP contribution is -2.22. The van der Waals surface area contributed by atoms with Gasteiger partial charge in [-0.25, -0.2) is 0 Å². The van der Waals surface area contributed by atoms with Crippen LogP contribution in [0.4, 0.5) is 0 Å². The van der Waals surface area contributed by atoms with Gasteiger partial charge in [0.2, 0.25) is 0 Å². The van der Waals surface area contributed by atoms with Crippen LogP contribution < -0.4 is 0 Å². The zero-order valence-electron chi connectivity index (χ0n) is 8.29. The molecule has 0 heterocycles. The molecule has 0 amide bonds. The van der Waals surface area contributed by atoms with Gasteiger partial charge in [0, 0.05) is 0 Å².